The Kier molecular flexibility index (Phi) is 16.0. The maximum absolute atomic E-state index is 4.70. The molecule has 0 aliphatic heterocycles. The van der Waals surface area contributed by atoms with Crippen LogP contribution in [0, 0.1) is 12.3 Å². The van der Waals surface area contributed by atoms with Crippen molar-refractivity contribution in [2.75, 3.05) is 5.75 Å². The van der Waals surface area contributed by atoms with E-state index in [0.717, 1.165) is 0 Å². The largest absolute Gasteiger partial charge is 0.166 e. The number of thiol groups is 1. The zero-order chi connectivity index (χ0) is 3.41. The van der Waals surface area contributed by atoms with Crippen LogP contribution < -0.4 is 0 Å². The monoisotopic (exact) mass is 152 g/mol. The smallest absolute Gasteiger partial charge is 0.0514 e. The van der Waals surface area contributed by atoms with Gasteiger partial charge < -0.3 is 0 Å². The van der Waals surface area contributed by atoms with E-state index in [0.29, 0.717) is 5.75 Å². The molecule has 0 saturated carbocycles. The minimum absolute atomic E-state index is 0. The van der Waals surface area contributed by atoms with Crippen LogP contribution in [0.1, 0.15) is 0 Å². The van der Waals surface area contributed by atoms with Crippen LogP contribution >= 0.6 is 29.6 Å². The molecule has 0 amide bonds. The summed E-state index contributed by atoms with van der Waals surface area (Å²) in [5, 5.41) is 0. The molecule has 0 heterocycles. The van der Waals surface area contributed by atoms with Gasteiger partial charge in [0.05, 0.1) is 5.75 Å². The fourth-order valence-electron chi connectivity index (χ4n) is 0. The minimum Gasteiger partial charge on any atom is -0.166 e. The van der Waals surface area contributed by atoms with Crippen molar-refractivity contribution in [3.8, 4) is 12.3 Å². The molecule has 0 saturated heterocycles. The van der Waals surface area contributed by atoms with E-state index < -0.39 is 0 Å². The summed E-state index contributed by atoms with van der Waals surface area (Å²) < 4.78 is 0. The summed E-state index contributed by atoms with van der Waals surface area (Å²) >= 11 is 3.68. The van der Waals surface area contributed by atoms with Crippen LogP contribution in [-0.2, 0) is 0 Å². The zero-order valence-electron chi connectivity index (χ0n) is 2.64. The first kappa shape index (κ1) is 9.04. The standard InChI is InChI=1S/C3H4S.BrH/c1-2-3-4;/h1,4H,3H2;1H. The van der Waals surface area contributed by atoms with Crippen LogP contribution in [0.25, 0.3) is 0 Å². The van der Waals surface area contributed by atoms with E-state index in [9.17, 15) is 0 Å². The average molecular weight is 153 g/mol. The Labute approximate surface area is 48.1 Å². The van der Waals surface area contributed by atoms with Crippen molar-refractivity contribution in [3.63, 3.8) is 0 Å². The van der Waals surface area contributed by atoms with E-state index in [1.807, 2.05) is 0 Å². The maximum atomic E-state index is 4.70. The third-order valence-electron chi connectivity index (χ3n) is 0.0913. The molecular weight excluding hydrogens is 148 g/mol. The Balaban J connectivity index is 0. The highest BCUT2D eigenvalue weighted by atomic mass is 79.9. The van der Waals surface area contributed by atoms with Crippen LogP contribution in [0.3, 0.4) is 0 Å². The minimum atomic E-state index is 0. The van der Waals surface area contributed by atoms with Gasteiger partial charge in [-0.25, -0.2) is 0 Å². The molecule has 0 aliphatic rings. The fourth-order valence-corrected chi connectivity index (χ4v) is 0. The lowest BCUT2D eigenvalue weighted by molar-refractivity contribution is 1.99. The summed E-state index contributed by atoms with van der Waals surface area (Å²) in [4.78, 5) is 0. The van der Waals surface area contributed by atoms with Crippen LogP contribution in [0.5, 0.6) is 0 Å². The molecule has 0 aromatic heterocycles. The summed E-state index contributed by atoms with van der Waals surface area (Å²) in [5.41, 5.74) is 0. The van der Waals surface area contributed by atoms with E-state index in [-0.39, 0.29) is 17.0 Å². The first-order valence-corrected chi connectivity index (χ1v) is 1.59. The molecule has 0 radical (unpaired) electrons. The molecular formula is C3H5BrS. The van der Waals surface area contributed by atoms with E-state index in [1.54, 1.807) is 0 Å². The molecule has 0 fully saturated rings. The molecule has 0 rings (SSSR count). The predicted octanol–water partition coefficient (Wildman–Crippen LogP) is 1.13. The van der Waals surface area contributed by atoms with Crippen molar-refractivity contribution >= 4 is 29.6 Å². The molecule has 0 aromatic rings. The van der Waals surface area contributed by atoms with Crippen molar-refractivity contribution in [3.05, 3.63) is 0 Å². The second-order valence-corrected chi connectivity index (χ2v) is 0.678. The fraction of sp³-hybridized carbons (Fsp3) is 0.333. The van der Waals surface area contributed by atoms with Crippen molar-refractivity contribution in [2.24, 2.45) is 0 Å². The quantitative estimate of drug-likeness (QED) is 0.391. The third kappa shape index (κ3) is 13.0. The van der Waals surface area contributed by atoms with Gasteiger partial charge in [0.1, 0.15) is 0 Å². The average Bonchev–Trinajstić information content (AvgIpc) is 1.37. The molecule has 0 atom stereocenters. The Hall–Kier alpha value is 0.390. The van der Waals surface area contributed by atoms with Gasteiger partial charge in [0.15, 0.2) is 0 Å². The normalized spacial score (nSPS) is 4.00. The van der Waals surface area contributed by atoms with Gasteiger partial charge in [-0.15, -0.1) is 23.4 Å². The second-order valence-electron chi connectivity index (χ2n) is 0.362. The van der Waals surface area contributed by atoms with Crippen molar-refractivity contribution < 1.29 is 0 Å². The number of halogens is 1. The van der Waals surface area contributed by atoms with Crippen LogP contribution in [0.15, 0.2) is 0 Å². The molecule has 0 aliphatic carbocycles. The SMILES string of the molecule is Br.C#CCS. The van der Waals surface area contributed by atoms with Crippen molar-refractivity contribution in [2.45, 2.75) is 0 Å². The summed E-state index contributed by atoms with van der Waals surface area (Å²) in [5.74, 6) is 2.84. The molecule has 0 N–H and O–H groups in total. The molecule has 0 nitrogen and oxygen atoms in total. The third-order valence-corrected chi connectivity index (χ3v) is 0.274. The topological polar surface area (TPSA) is 0 Å². The van der Waals surface area contributed by atoms with E-state index in [2.05, 4.69) is 18.5 Å². The predicted molar refractivity (Wildman–Crippen MR) is 33.0 cm³/mol. The Morgan fingerprint density at radius 2 is 2.00 bits per heavy atom. The number of terminal acetylenes is 1. The van der Waals surface area contributed by atoms with Crippen LogP contribution in [0.2, 0.25) is 0 Å². The molecule has 30 valence electrons. The highest BCUT2D eigenvalue weighted by Gasteiger charge is 1.44. The van der Waals surface area contributed by atoms with Gasteiger partial charge in [0.2, 0.25) is 0 Å². The Morgan fingerprint density at radius 3 is 2.00 bits per heavy atom. The van der Waals surface area contributed by atoms with E-state index in [4.69, 9.17) is 6.42 Å². The van der Waals surface area contributed by atoms with Gasteiger partial charge in [-0.3, -0.25) is 0 Å². The van der Waals surface area contributed by atoms with Crippen molar-refractivity contribution in [1.82, 2.24) is 0 Å². The number of rotatable bonds is 0. The molecule has 0 unspecified atom stereocenters. The molecule has 0 spiro atoms. The van der Waals surface area contributed by atoms with E-state index in [1.165, 1.54) is 0 Å². The summed E-state index contributed by atoms with van der Waals surface area (Å²) in [6.45, 7) is 0. The van der Waals surface area contributed by atoms with Gasteiger partial charge in [-0.1, -0.05) is 5.92 Å². The lowest BCUT2D eigenvalue weighted by Crippen LogP contribution is -1.47. The van der Waals surface area contributed by atoms with Crippen LogP contribution in [-0.4, -0.2) is 5.75 Å². The molecule has 0 bridgehead atoms. The summed E-state index contributed by atoms with van der Waals surface area (Å²) in [6.07, 6.45) is 4.70. The molecule has 0 aromatic carbocycles. The van der Waals surface area contributed by atoms with E-state index >= 15 is 0 Å². The molecule has 5 heavy (non-hydrogen) atoms. The number of hydrogen-bond donors (Lipinski definition) is 1. The number of hydrogen-bond acceptors (Lipinski definition) is 1. The Bertz CT molecular complexity index is 36.6. The first-order valence-electron chi connectivity index (χ1n) is 0.958. The first-order chi connectivity index (χ1) is 1.91. The lowest BCUT2D eigenvalue weighted by atomic mass is 10.8. The zero-order valence-corrected chi connectivity index (χ0v) is 5.25. The second kappa shape index (κ2) is 8.83. The lowest BCUT2D eigenvalue weighted by Gasteiger charge is -1.52. The van der Waals surface area contributed by atoms with Gasteiger partial charge in [0.25, 0.3) is 0 Å². The van der Waals surface area contributed by atoms with Gasteiger partial charge in [-0.05, 0) is 0 Å². The van der Waals surface area contributed by atoms with Crippen molar-refractivity contribution in [1.29, 1.82) is 0 Å². The molecule has 2 heteroatoms. The van der Waals surface area contributed by atoms with Gasteiger partial charge in [0, 0.05) is 0 Å². The summed E-state index contributed by atoms with van der Waals surface area (Å²) in [7, 11) is 0. The Morgan fingerprint density at radius 1 is 1.80 bits per heavy atom. The highest BCUT2D eigenvalue weighted by molar-refractivity contribution is 8.93. The van der Waals surface area contributed by atoms with Crippen LogP contribution in [0.4, 0.5) is 0 Å². The maximum Gasteiger partial charge on any atom is 0.0514 e. The van der Waals surface area contributed by atoms with Gasteiger partial charge in [-0.2, -0.15) is 12.6 Å². The summed E-state index contributed by atoms with van der Waals surface area (Å²) in [6, 6.07) is 0. The highest BCUT2D eigenvalue weighted by Crippen LogP contribution is 1.59. The van der Waals surface area contributed by atoms with Gasteiger partial charge >= 0.3 is 0 Å².